The van der Waals surface area contributed by atoms with Crippen molar-refractivity contribution in [1.29, 1.82) is 0 Å². The van der Waals surface area contributed by atoms with Gasteiger partial charge in [-0.15, -0.1) is 0 Å². The maximum Gasteiger partial charge on any atom is 0.430 e. The van der Waals surface area contributed by atoms with Gasteiger partial charge in [-0.05, 0) is 16.9 Å². The monoisotopic (exact) mass is 328 g/mol. The lowest BCUT2D eigenvalue weighted by atomic mass is 9.77. The fraction of sp³-hybridized carbons (Fsp3) is 0.600. The molecule has 126 valence electrons. The summed E-state index contributed by atoms with van der Waals surface area (Å²) in [6.45, 7) is 7.56. The van der Waals surface area contributed by atoms with Crippen LogP contribution < -0.4 is 0 Å². The van der Waals surface area contributed by atoms with Crippen LogP contribution in [0.4, 0.5) is 26.3 Å². The molecule has 1 nitrogen and oxygen atoms in total. The summed E-state index contributed by atoms with van der Waals surface area (Å²) in [5, 5.41) is 9.30. The maximum absolute atomic E-state index is 12.8. The van der Waals surface area contributed by atoms with Crippen molar-refractivity contribution in [3.63, 3.8) is 0 Å². The van der Waals surface area contributed by atoms with E-state index in [9.17, 15) is 31.4 Å². The summed E-state index contributed by atoms with van der Waals surface area (Å²) >= 11 is 0. The van der Waals surface area contributed by atoms with Crippen LogP contribution in [-0.2, 0) is 5.60 Å². The molecule has 0 spiro atoms. The van der Waals surface area contributed by atoms with Crippen LogP contribution >= 0.6 is 0 Å². The van der Waals surface area contributed by atoms with Gasteiger partial charge in [0, 0.05) is 5.56 Å². The summed E-state index contributed by atoms with van der Waals surface area (Å²) in [7, 11) is 0. The number of halogens is 6. The number of aliphatic hydroxyl groups is 1. The molecule has 22 heavy (non-hydrogen) atoms. The molecule has 0 amide bonds. The maximum atomic E-state index is 12.8. The Labute approximate surface area is 125 Å². The molecule has 1 atom stereocenters. The zero-order chi connectivity index (χ0) is 17.6. The molecule has 0 radical (unpaired) electrons. The zero-order valence-electron chi connectivity index (χ0n) is 12.6. The highest BCUT2D eigenvalue weighted by Crippen LogP contribution is 2.50. The van der Waals surface area contributed by atoms with E-state index in [-0.39, 0.29) is 11.3 Å². The van der Waals surface area contributed by atoms with Crippen molar-refractivity contribution in [3.8, 4) is 0 Å². The van der Waals surface area contributed by atoms with Gasteiger partial charge in [0.15, 0.2) is 0 Å². The molecule has 0 aliphatic heterocycles. The van der Waals surface area contributed by atoms with Gasteiger partial charge < -0.3 is 5.11 Å². The fourth-order valence-corrected chi connectivity index (χ4v) is 2.00. The predicted molar refractivity (Wildman–Crippen MR) is 70.3 cm³/mol. The lowest BCUT2D eigenvalue weighted by molar-refractivity contribution is -0.376. The average molecular weight is 328 g/mol. The van der Waals surface area contributed by atoms with Crippen molar-refractivity contribution in [2.24, 2.45) is 5.41 Å². The van der Waals surface area contributed by atoms with Gasteiger partial charge in [-0.2, -0.15) is 26.3 Å². The SMILES string of the molecule is CC(c1ccc(C(O)(C(F)(F)F)C(F)(F)F)cc1)C(C)(C)C. The summed E-state index contributed by atoms with van der Waals surface area (Å²) in [5.41, 5.74) is -5.71. The molecule has 0 heterocycles. The van der Waals surface area contributed by atoms with Gasteiger partial charge in [0.05, 0.1) is 0 Å². The Balaban J connectivity index is 3.33. The summed E-state index contributed by atoms with van der Waals surface area (Å²) in [5.74, 6) is -0.0774. The summed E-state index contributed by atoms with van der Waals surface area (Å²) in [6, 6.07) is 3.73. The first-order chi connectivity index (χ1) is 9.62. The van der Waals surface area contributed by atoms with Gasteiger partial charge in [0.1, 0.15) is 0 Å². The third-order valence-corrected chi connectivity index (χ3v) is 3.95. The molecule has 1 aromatic rings. The largest absolute Gasteiger partial charge is 0.430 e. The van der Waals surface area contributed by atoms with Gasteiger partial charge >= 0.3 is 12.4 Å². The molecule has 0 aliphatic carbocycles. The van der Waals surface area contributed by atoms with E-state index < -0.39 is 23.5 Å². The van der Waals surface area contributed by atoms with Crippen LogP contribution in [0.25, 0.3) is 0 Å². The Morgan fingerprint density at radius 3 is 1.45 bits per heavy atom. The Morgan fingerprint density at radius 1 is 0.818 bits per heavy atom. The van der Waals surface area contributed by atoms with Gasteiger partial charge in [0.2, 0.25) is 0 Å². The minimum Gasteiger partial charge on any atom is -0.369 e. The first-order valence-electron chi connectivity index (χ1n) is 6.58. The Kier molecular flexibility index (Phi) is 4.65. The fourth-order valence-electron chi connectivity index (χ4n) is 2.00. The van der Waals surface area contributed by atoms with Gasteiger partial charge in [-0.25, -0.2) is 0 Å². The molecule has 0 fully saturated rings. The van der Waals surface area contributed by atoms with Gasteiger partial charge in [-0.3, -0.25) is 0 Å². The standard InChI is InChI=1S/C15H18F6O/c1-9(12(2,3)4)10-5-7-11(8-6-10)13(22,14(16,17)18)15(19,20)21/h5-9,22H,1-4H3. The van der Waals surface area contributed by atoms with Crippen LogP contribution in [-0.4, -0.2) is 17.5 Å². The molecule has 1 aromatic carbocycles. The van der Waals surface area contributed by atoms with E-state index in [4.69, 9.17) is 0 Å². The molecule has 0 aromatic heterocycles. The van der Waals surface area contributed by atoms with E-state index in [1.54, 1.807) is 0 Å². The van der Waals surface area contributed by atoms with E-state index in [2.05, 4.69) is 0 Å². The Morgan fingerprint density at radius 2 is 1.18 bits per heavy atom. The van der Waals surface area contributed by atoms with Crippen molar-refractivity contribution >= 4 is 0 Å². The molecule has 0 saturated carbocycles. The predicted octanol–water partition coefficient (Wildman–Crippen LogP) is 5.15. The Bertz CT molecular complexity index is 493. The number of rotatable bonds is 2. The minimum atomic E-state index is -5.86. The van der Waals surface area contributed by atoms with E-state index >= 15 is 0 Å². The highest BCUT2D eigenvalue weighted by Gasteiger charge is 2.71. The second-order valence-electron chi connectivity index (χ2n) is 6.42. The van der Waals surface area contributed by atoms with Crippen molar-refractivity contribution in [1.82, 2.24) is 0 Å². The van der Waals surface area contributed by atoms with Crippen LogP contribution in [0.1, 0.15) is 44.7 Å². The normalized spacial score (nSPS) is 15.8. The topological polar surface area (TPSA) is 20.2 Å². The lowest BCUT2D eigenvalue weighted by Crippen LogP contribution is -2.53. The highest BCUT2D eigenvalue weighted by molar-refractivity contribution is 5.32. The van der Waals surface area contributed by atoms with Gasteiger partial charge in [-0.1, -0.05) is 52.0 Å². The zero-order valence-corrected chi connectivity index (χ0v) is 12.6. The molecule has 0 aliphatic rings. The summed E-state index contributed by atoms with van der Waals surface area (Å²) < 4.78 is 76.6. The number of hydrogen-bond acceptors (Lipinski definition) is 1. The summed E-state index contributed by atoms with van der Waals surface area (Å²) in [6.07, 6.45) is -11.7. The van der Waals surface area contributed by atoms with Crippen LogP contribution in [0, 0.1) is 5.41 Å². The Hall–Kier alpha value is -1.24. The molecule has 1 unspecified atom stereocenters. The molecular weight excluding hydrogens is 310 g/mol. The molecule has 1 N–H and O–H groups in total. The third kappa shape index (κ3) is 3.24. The number of hydrogen-bond donors (Lipinski definition) is 1. The van der Waals surface area contributed by atoms with Crippen LogP contribution in [0.15, 0.2) is 24.3 Å². The first-order valence-corrected chi connectivity index (χ1v) is 6.58. The number of alkyl halides is 6. The lowest BCUT2D eigenvalue weighted by Gasteiger charge is -2.33. The van der Waals surface area contributed by atoms with Crippen molar-refractivity contribution < 1.29 is 31.4 Å². The van der Waals surface area contributed by atoms with Crippen LogP contribution in [0.3, 0.4) is 0 Å². The van der Waals surface area contributed by atoms with E-state index in [0.29, 0.717) is 17.7 Å². The minimum absolute atomic E-state index is 0.0774. The van der Waals surface area contributed by atoms with Gasteiger partial charge in [0.25, 0.3) is 5.60 Å². The second kappa shape index (κ2) is 5.44. The first kappa shape index (κ1) is 18.8. The molecule has 0 saturated heterocycles. The smallest absolute Gasteiger partial charge is 0.369 e. The quantitative estimate of drug-likeness (QED) is 0.745. The van der Waals surface area contributed by atoms with Crippen LogP contribution in [0.5, 0.6) is 0 Å². The van der Waals surface area contributed by atoms with E-state index in [1.807, 2.05) is 27.7 Å². The van der Waals surface area contributed by atoms with Crippen molar-refractivity contribution in [2.75, 3.05) is 0 Å². The van der Waals surface area contributed by atoms with Crippen LogP contribution in [0.2, 0.25) is 0 Å². The average Bonchev–Trinajstić information content (AvgIpc) is 2.33. The third-order valence-electron chi connectivity index (χ3n) is 3.95. The molecule has 0 bridgehead atoms. The second-order valence-corrected chi connectivity index (χ2v) is 6.42. The molecular formula is C15H18F6O. The van der Waals surface area contributed by atoms with Crippen molar-refractivity contribution in [3.05, 3.63) is 35.4 Å². The molecule has 7 heteroatoms. The molecule has 1 rings (SSSR count). The van der Waals surface area contributed by atoms with Crippen molar-refractivity contribution in [2.45, 2.75) is 51.6 Å². The van der Waals surface area contributed by atoms with E-state index in [1.165, 1.54) is 12.1 Å². The summed E-state index contributed by atoms with van der Waals surface area (Å²) in [4.78, 5) is 0. The highest BCUT2D eigenvalue weighted by atomic mass is 19.4. The van der Waals surface area contributed by atoms with E-state index in [0.717, 1.165) is 0 Å². The number of benzene rings is 1.